The first-order chi connectivity index (χ1) is 14.2. The fraction of sp³-hybridized carbons (Fsp3) is 0.136. The van der Waals surface area contributed by atoms with Crippen LogP contribution in [0.15, 0.2) is 71.9 Å². The molecule has 1 aliphatic heterocycles. The van der Waals surface area contributed by atoms with Crippen molar-refractivity contribution >= 4 is 34.4 Å². The highest BCUT2D eigenvalue weighted by Gasteiger charge is 2.39. The van der Waals surface area contributed by atoms with Crippen LogP contribution in [0.1, 0.15) is 17.5 Å². The molecule has 1 aliphatic rings. The first-order valence-electron chi connectivity index (χ1n) is 9.21. The maximum atomic E-state index is 13.2. The average molecular weight is 405 g/mol. The molecule has 0 unspecified atom stereocenters. The van der Waals surface area contributed by atoms with E-state index >= 15 is 0 Å². The molecule has 6 nitrogen and oxygen atoms in total. The number of benzene rings is 1. The summed E-state index contributed by atoms with van der Waals surface area (Å²) in [5.74, 6) is -0.00433. The first kappa shape index (κ1) is 18.9. The van der Waals surface area contributed by atoms with Gasteiger partial charge in [-0.3, -0.25) is 19.5 Å². The number of thiophene rings is 1. The smallest absolute Gasteiger partial charge is 0.278 e. The van der Waals surface area contributed by atoms with Gasteiger partial charge in [0.15, 0.2) is 0 Å². The van der Waals surface area contributed by atoms with Gasteiger partial charge in [-0.15, -0.1) is 11.3 Å². The monoisotopic (exact) mass is 405 g/mol. The Morgan fingerprint density at radius 2 is 1.97 bits per heavy atom. The van der Waals surface area contributed by atoms with E-state index in [-0.39, 0.29) is 24.1 Å². The van der Waals surface area contributed by atoms with Crippen molar-refractivity contribution in [1.82, 2.24) is 9.88 Å². The predicted molar refractivity (Wildman–Crippen MR) is 112 cm³/mol. The third-order valence-corrected chi connectivity index (χ3v) is 5.28. The largest absolute Gasteiger partial charge is 0.494 e. The molecule has 146 valence electrons. The second-order valence-electron chi connectivity index (χ2n) is 6.33. The summed E-state index contributed by atoms with van der Waals surface area (Å²) in [6.07, 6.45) is 1.65. The topological polar surface area (TPSA) is 71.5 Å². The van der Waals surface area contributed by atoms with Crippen LogP contribution in [0.3, 0.4) is 0 Å². The summed E-state index contributed by atoms with van der Waals surface area (Å²) in [5, 5.41) is 5.03. The molecule has 0 radical (unpaired) electrons. The van der Waals surface area contributed by atoms with Gasteiger partial charge in [0.1, 0.15) is 11.4 Å². The van der Waals surface area contributed by atoms with E-state index in [0.717, 1.165) is 4.88 Å². The number of hydrogen-bond acceptors (Lipinski definition) is 6. The van der Waals surface area contributed by atoms with Gasteiger partial charge >= 0.3 is 0 Å². The highest BCUT2D eigenvalue weighted by atomic mass is 32.1. The zero-order chi connectivity index (χ0) is 20.2. The molecular weight excluding hydrogens is 386 g/mol. The summed E-state index contributed by atoms with van der Waals surface area (Å²) in [6.45, 7) is 2.57. The van der Waals surface area contributed by atoms with Gasteiger partial charge < -0.3 is 10.1 Å². The van der Waals surface area contributed by atoms with Crippen molar-refractivity contribution in [1.29, 1.82) is 0 Å². The molecule has 0 spiro atoms. The van der Waals surface area contributed by atoms with Gasteiger partial charge in [0, 0.05) is 22.8 Å². The summed E-state index contributed by atoms with van der Waals surface area (Å²) in [4.78, 5) is 32.5. The van der Waals surface area contributed by atoms with E-state index in [1.54, 1.807) is 18.3 Å². The molecule has 3 aromatic rings. The Bertz CT molecular complexity index is 1060. The molecule has 0 atom stereocenters. The van der Waals surface area contributed by atoms with Crippen LogP contribution >= 0.6 is 11.3 Å². The average Bonchev–Trinajstić information content (AvgIpc) is 3.33. The lowest BCUT2D eigenvalue weighted by molar-refractivity contribution is -0.137. The van der Waals surface area contributed by atoms with E-state index in [9.17, 15) is 9.59 Å². The quantitative estimate of drug-likeness (QED) is 0.603. The van der Waals surface area contributed by atoms with Crippen molar-refractivity contribution in [3.05, 3.63) is 82.4 Å². The number of carbonyl (C=O) groups excluding carboxylic acids is 2. The van der Waals surface area contributed by atoms with Crippen molar-refractivity contribution in [2.75, 3.05) is 11.9 Å². The molecule has 0 bridgehead atoms. The second-order valence-corrected chi connectivity index (χ2v) is 7.28. The van der Waals surface area contributed by atoms with E-state index in [2.05, 4.69) is 10.3 Å². The first-order valence-corrected chi connectivity index (χ1v) is 10.1. The Hall–Kier alpha value is -3.45. The molecule has 0 fully saturated rings. The number of hydrogen-bond donors (Lipinski definition) is 1. The molecule has 3 heterocycles. The number of aromatic nitrogens is 1. The van der Waals surface area contributed by atoms with Gasteiger partial charge in [0.2, 0.25) is 0 Å². The van der Waals surface area contributed by atoms with Crippen LogP contribution in [-0.4, -0.2) is 28.3 Å². The van der Waals surface area contributed by atoms with Crippen LogP contribution in [0.4, 0.5) is 5.69 Å². The molecule has 0 saturated heterocycles. The standard InChI is InChI=1S/C22H19N3O3S/c1-2-28-17-9-5-8-15(13-17)24-20-19(18-10-6-12-29-18)21(26)25(22(20)27)14-16-7-3-4-11-23-16/h3-13,24H,2,14H2,1H3. The van der Waals surface area contributed by atoms with Crippen LogP contribution in [0.5, 0.6) is 5.75 Å². The normalized spacial score (nSPS) is 13.9. The third-order valence-electron chi connectivity index (χ3n) is 4.40. The molecule has 0 aliphatic carbocycles. The van der Waals surface area contributed by atoms with E-state index in [1.807, 2.05) is 54.8 Å². The Labute approximate surface area is 172 Å². The number of nitrogens with one attached hydrogen (secondary N) is 1. The number of pyridine rings is 1. The van der Waals surface area contributed by atoms with E-state index in [4.69, 9.17) is 4.74 Å². The number of nitrogens with zero attached hydrogens (tertiary/aromatic N) is 2. The molecule has 2 aromatic heterocycles. The molecule has 29 heavy (non-hydrogen) atoms. The van der Waals surface area contributed by atoms with E-state index < -0.39 is 0 Å². The van der Waals surface area contributed by atoms with Gasteiger partial charge in [-0.05, 0) is 42.6 Å². The zero-order valence-electron chi connectivity index (χ0n) is 15.8. The molecule has 1 aromatic carbocycles. The van der Waals surface area contributed by atoms with Crippen LogP contribution in [0.25, 0.3) is 5.57 Å². The Balaban J connectivity index is 1.69. The van der Waals surface area contributed by atoms with E-state index in [0.29, 0.717) is 29.3 Å². The fourth-order valence-electron chi connectivity index (χ4n) is 3.11. The number of anilines is 1. The fourth-order valence-corrected chi connectivity index (χ4v) is 3.88. The predicted octanol–water partition coefficient (Wildman–Crippen LogP) is 3.93. The Kier molecular flexibility index (Phi) is 5.39. The Morgan fingerprint density at radius 1 is 1.07 bits per heavy atom. The molecule has 0 saturated carbocycles. The lowest BCUT2D eigenvalue weighted by atomic mass is 10.2. The molecule has 1 N–H and O–H groups in total. The molecular formula is C22H19N3O3S. The molecule has 7 heteroatoms. The SMILES string of the molecule is CCOc1cccc(NC2=C(c3cccs3)C(=O)N(Cc3ccccn3)C2=O)c1. The maximum absolute atomic E-state index is 13.2. The second kappa shape index (κ2) is 8.28. The van der Waals surface area contributed by atoms with Gasteiger partial charge in [-0.25, -0.2) is 0 Å². The summed E-state index contributed by atoms with van der Waals surface area (Å²) in [7, 11) is 0. The van der Waals surface area contributed by atoms with Crippen LogP contribution in [0, 0.1) is 0 Å². The van der Waals surface area contributed by atoms with Crippen molar-refractivity contribution in [2.24, 2.45) is 0 Å². The molecule has 4 rings (SSSR count). The lowest BCUT2D eigenvalue weighted by Crippen LogP contribution is -2.32. The minimum absolute atomic E-state index is 0.123. The zero-order valence-corrected chi connectivity index (χ0v) is 16.6. The van der Waals surface area contributed by atoms with Crippen molar-refractivity contribution in [3.63, 3.8) is 0 Å². The van der Waals surface area contributed by atoms with Crippen molar-refractivity contribution in [3.8, 4) is 5.75 Å². The number of rotatable bonds is 7. The van der Waals surface area contributed by atoms with Gasteiger partial charge in [0.05, 0.1) is 24.4 Å². The van der Waals surface area contributed by atoms with Gasteiger partial charge in [-0.1, -0.05) is 18.2 Å². The van der Waals surface area contributed by atoms with Crippen LogP contribution in [-0.2, 0) is 16.1 Å². The van der Waals surface area contributed by atoms with Crippen LogP contribution in [0.2, 0.25) is 0 Å². The number of ether oxygens (including phenoxy) is 1. The summed E-state index contributed by atoms with van der Waals surface area (Å²) < 4.78 is 5.53. The van der Waals surface area contributed by atoms with Crippen molar-refractivity contribution < 1.29 is 14.3 Å². The number of carbonyl (C=O) groups is 2. The highest BCUT2D eigenvalue weighted by molar-refractivity contribution is 7.11. The summed E-state index contributed by atoms with van der Waals surface area (Å²) in [6, 6.07) is 16.5. The van der Waals surface area contributed by atoms with Crippen LogP contribution < -0.4 is 10.1 Å². The lowest BCUT2D eigenvalue weighted by Gasteiger charge is -2.15. The maximum Gasteiger partial charge on any atom is 0.278 e. The minimum atomic E-state index is -0.370. The van der Waals surface area contributed by atoms with Crippen molar-refractivity contribution in [2.45, 2.75) is 13.5 Å². The van der Waals surface area contributed by atoms with Gasteiger partial charge in [0.25, 0.3) is 11.8 Å². The van der Waals surface area contributed by atoms with Gasteiger partial charge in [-0.2, -0.15) is 0 Å². The van der Waals surface area contributed by atoms with E-state index in [1.165, 1.54) is 16.2 Å². The summed E-state index contributed by atoms with van der Waals surface area (Å²) in [5.41, 5.74) is 1.98. The summed E-state index contributed by atoms with van der Waals surface area (Å²) >= 11 is 1.42. The third kappa shape index (κ3) is 3.90. The number of imide groups is 1. The highest BCUT2D eigenvalue weighted by Crippen LogP contribution is 2.34. The minimum Gasteiger partial charge on any atom is -0.494 e. The Morgan fingerprint density at radius 3 is 2.69 bits per heavy atom. The molecule has 2 amide bonds. The number of amides is 2.